The van der Waals surface area contributed by atoms with Gasteiger partial charge in [0.05, 0.1) is 10.5 Å². The van der Waals surface area contributed by atoms with E-state index in [0.29, 0.717) is 65.6 Å². The molecule has 1 saturated heterocycles. The van der Waals surface area contributed by atoms with E-state index in [9.17, 15) is 9.59 Å². The summed E-state index contributed by atoms with van der Waals surface area (Å²) in [5.41, 5.74) is 1.56. The number of thiocarbonyl (C=S) groups is 1. The number of ether oxygens (including phenoxy) is 2. The number of amides is 1. The summed E-state index contributed by atoms with van der Waals surface area (Å²) in [7, 11) is 1.62. The molecule has 0 unspecified atom stereocenters. The molecule has 1 amide bonds. The number of carbonyl (C=O) groups excluding carboxylic acids is 1. The molecule has 1 aliphatic heterocycles. The zero-order chi connectivity index (χ0) is 23.1. The molecule has 8 nitrogen and oxygen atoms in total. The highest BCUT2D eigenvalue weighted by Crippen LogP contribution is 2.33. The number of hydrogen-bond donors (Lipinski definition) is 1. The normalized spacial score (nSPS) is 15.3. The summed E-state index contributed by atoms with van der Waals surface area (Å²) in [4.78, 5) is 32.9. The van der Waals surface area contributed by atoms with Crippen LogP contribution in [0.1, 0.15) is 30.9 Å². The first-order chi connectivity index (χ1) is 15.5. The molecule has 1 aliphatic rings. The van der Waals surface area contributed by atoms with Crippen molar-refractivity contribution in [1.29, 1.82) is 0 Å². The molecule has 2 aromatic rings. The third kappa shape index (κ3) is 5.55. The van der Waals surface area contributed by atoms with Crippen molar-refractivity contribution in [2.24, 2.45) is 0 Å². The molecule has 1 N–H and O–H groups in total. The second-order valence-corrected chi connectivity index (χ2v) is 8.90. The predicted octanol–water partition coefficient (Wildman–Crippen LogP) is 3.08. The van der Waals surface area contributed by atoms with Crippen LogP contribution in [0.4, 0.5) is 5.82 Å². The third-order valence-corrected chi connectivity index (χ3v) is 6.30. The van der Waals surface area contributed by atoms with Gasteiger partial charge >= 0.3 is 0 Å². The molecule has 0 bridgehead atoms. The van der Waals surface area contributed by atoms with Gasteiger partial charge in [-0.25, -0.2) is 4.98 Å². The summed E-state index contributed by atoms with van der Waals surface area (Å²) in [5.74, 6) is 0.248. The summed E-state index contributed by atoms with van der Waals surface area (Å²) in [6.07, 6.45) is 4.74. The number of aryl methyl sites for hydroxylation is 1. The Labute approximate surface area is 197 Å². The summed E-state index contributed by atoms with van der Waals surface area (Å²) >= 11 is 6.59. The van der Waals surface area contributed by atoms with Crippen LogP contribution in [0.5, 0.6) is 0 Å². The maximum absolute atomic E-state index is 13.3. The summed E-state index contributed by atoms with van der Waals surface area (Å²) < 4.78 is 12.4. The largest absolute Gasteiger partial charge is 0.385 e. The third-order valence-electron chi connectivity index (χ3n) is 4.93. The lowest BCUT2D eigenvalue weighted by atomic mass is 10.2. The van der Waals surface area contributed by atoms with Crippen molar-refractivity contribution in [2.75, 3.05) is 45.3 Å². The number of carbonyl (C=O) groups is 1. The highest BCUT2D eigenvalue weighted by molar-refractivity contribution is 8.26. The van der Waals surface area contributed by atoms with Crippen molar-refractivity contribution in [3.63, 3.8) is 0 Å². The molecule has 0 spiro atoms. The Morgan fingerprint density at radius 3 is 2.84 bits per heavy atom. The van der Waals surface area contributed by atoms with E-state index >= 15 is 0 Å². The van der Waals surface area contributed by atoms with E-state index in [0.717, 1.165) is 12.0 Å². The number of rotatable bonds is 11. The zero-order valence-corrected chi connectivity index (χ0v) is 20.2. The van der Waals surface area contributed by atoms with Crippen LogP contribution in [0.3, 0.4) is 0 Å². The van der Waals surface area contributed by atoms with E-state index in [4.69, 9.17) is 26.7 Å². The fourth-order valence-corrected chi connectivity index (χ4v) is 4.58. The monoisotopic (exact) mass is 476 g/mol. The van der Waals surface area contributed by atoms with E-state index in [-0.39, 0.29) is 11.5 Å². The topological polar surface area (TPSA) is 85.2 Å². The minimum atomic E-state index is -0.240. The molecule has 0 saturated carbocycles. The second-order valence-electron chi connectivity index (χ2n) is 7.22. The van der Waals surface area contributed by atoms with Gasteiger partial charge in [0.1, 0.15) is 15.8 Å². The lowest BCUT2D eigenvalue weighted by Crippen LogP contribution is -2.29. The van der Waals surface area contributed by atoms with Gasteiger partial charge in [-0.3, -0.25) is 18.9 Å². The molecule has 32 heavy (non-hydrogen) atoms. The molecular formula is C22H28N4O4S2. The first kappa shape index (κ1) is 24.4. The van der Waals surface area contributed by atoms with Crippen LogP contribution in [0, 0.1) is 6.92 Å². The Bertz CT molecular complexity index is 1080. The maximum atomic E-state index is 13.3. The average Bonchev–Trinajstić information content (AvgIpc) is 3.04. The number of fused-ring (bicyclic) bond motifs is 1. The zero-order valence-electron chi connectivity index (χ0n) is 18.6. The Balaban J connectivity index is 1.96. The van der Waals surface area contributed by atoms with Crippen LogP contribution in [0.2, 0.25) is 0 Å². The Kier molecular flexibility index (Phi) is 8.80. The average molecular weight is 477 g/mol. The molecule has 0 aliphatic carbocycles. The Hall–Kier alpha value is -2.27. The minimum absolute atomic E-state index is 0.202. The molecule has 10 heteroatoms. The number of methoxy groups -OCH3 is 1. The first-order valence-electron chi connectivity index (χ1n) is 10.6. The van der Waals surface area contributed by atoms with Gasteiger partial charge in [-0.2, -0.15) is 0 Å². The van der Waals surface area contributed by atoms with Crippen LogP contribution >= 0.6 is 24.0 Å². The summed E-state index contributed by atoms with van der Waals surface area (Å²) in [6.45, 7) is 6.74. The van der Waals surface area contributed by atoms with Crippen LogP contribution in [0.15, 0.2) is 28.0 Å². The number of thioether (sulfide) groups is 1. The number of nitrogens with one attached hydrogen (secondary N) is 1. The smallest absolute Gasteiger partial charge is 0.267 e. The van der Waals surface area contributed by atoms with Crippen LogP contribution in [-0.2, 0) is 14.3 Å². The van der Waals surface area contributed by atoms with Gasteiger partial charge in [0, 0.05) is 46.2 Å². The molecule has 0 atom stereocenters. The van der Waals surface area contributed by atoms with Crippen molar-refractivity contribution in [3.8, 4) is 0 Å². The van der Waals surface area contributed by atoms with Crippen molar-refractivity contribution < 1.29 is 14.3 Å². The lowest BCUT2D eigenvalue weighted by Gasteiger charge is -2.14. The summed E-state index contributed by atoms with van der Waals surface area (Å²) in [5, 5.41) is 3.25. The predicted molar refractivity (Wildman–Crippen MR) is 132 cm³/mol. The highest BCUT2D eigenvalue weighted by atomic mass is 32.2. The Morgan fingerprint density at radius 1 is 1.28 bits per heavy atom. The minimum Gasteiger partial charge on any atom is -0.385 e. The molecule has 3 heterocycles. The quantitative estimate of drug-likeness (QED) is 0.301. The lowest BCUT2D eigenvalue weighted by molar-refractivity contribution is -0.122. The number of anilines is 1. The van der Waals surface area contributed by atoms with E-state index in [1.165, 1.54) is 16.2 Å². The molecular weight excluding hydrogens is 448 g/mol. The van der Waals surface area contributed by atoms with E-state index in [2.05, 4.69) is 5.32 Å². The molecule has 172 valence electrons. The SMILES string of the molecule is CCOCCCNc1nc2c(C)cccn2c(=O)c1C=C1SC(=S)N(CCCOC)C1=O. The summed E-state index contributed by atoms with van der Waals surface area (Å²) in [6, 6.07) is 3.71. The van der Waals surface area contributed by atoms with Gasteiger partial charge in [-0.1, -0.05) is 30.0 Å². The van der Waals surface area contributed by atoms with Crippen LogP contribution in [0.25, 0.3) is 11.7 Å². The van der Waals surface area contributed by atoms with Gasteiger partial charge in [0.2, 0.25) is 0 Å². The van der Waals surface area contributed by atoms with Gasteiger partial charge in [-0.15, -0.1) is 0 Å². The fourth-order valence-electron chi connectivity index (χ4n) is 3.29. The molecule has 3 rings (SSSR count). The molecule has 1 fully saturated rings. The van der Waals surface area contributed by atoms with Crippen LogP contribution < -0.4 is 10.9 Å². The Morgan fingerprint density at radius 2 is 2.09 bits per heavy atom. The van der Waals surface area contributed by atoms with Crippen LogP contribution in [-0.4, -0.2) is 64.5 Å². The van der Waals surface area contributed by atoms with Crippen molar-refractivity contribution >= 4 is 51.7 Å². The maximum Gasteiger partial charge on any atom is 0.267 e. The van der Waals surface area contributed by atoms with E-state index in [1.54, 1.807) is 30.3 Å². The molecule has 0 radical (unpaired) electrons. The van der Waals surface area contributed by atoms with Gasteiger partial charge in [0.25, 0.3) is 11.5 Å². The van der Waals surface area contributed by atoms with E-state index < -0.39 is 0 Å². The number of hydrogen-bond acceptors (Lipinski definition) is 8. The number of aromatic nitrogens is 2. The fraction of sp³-hybridized carbons (Fsp3) is 0.455. The molecule has 0 aromatic carbocycles. The van der Waals surface area contributed by atoms with Crippen molar-refractivity contribution in [2.45, 2.75) is 26.7 Å². The highest BCUT2D eigenvalue weighted by Gasteiger charge is 2.32. The standard InChI is InChI=1S/C22H28N4O4S2/c1-4-30-13-6-9-23-18-16(20(27)25-10-5-8-15(2)19(25)24-18)14-17-21(28)26(22(31)32-17)11-7-12-29-3/h5,8,10,14,23H,4,6-7,9,11-13H2,1-3H3. The number of pyridine rings is 1. The van der Waals surface area contributed by atoms with E-state index in [1.807, 2.05) is 19.9 Å². The van der Waals surface area contributed by atoms with Gasteiger partial charge < -0.3 is 14.8 Å². The van der Waals surface area contributed by atoms with Crippen molar-refractivity contribution in [1.82, 2.24) is 14.3 Å². The first-order valence-corrected chi connectivity index (χ1v) is 11.8. The molecule has 2 aromatic heterocycles. The van der Waals surface area contributed by atoms with Gasteiger partial charge in [-0.05, 0) is 44.4 Å². The van der Waals surface area contributed by atoms with Gasteiger partial charge in [0.15, 0.2) is 0 Å². The van der Waals surface area contributed by atoms with Crippen molar-refractivity contribution in [3.05, 3.63) is 44.7 Å². The second kappa shape index (κ2) is 11.6. The number of nitrogens with zero attached hydrogens (tertiary/aromatic N) is 3.